The van der Waals surface area contributed by atoms with Gasteiger partial charge in [0.25, 0.3) is 5.91 Å². The normalized spacial score (nSPS) is 20.2. The van der Waals surface area contributed by atoms with E-state index in [9.17, 15) is 9.90 Å². The van der Waals surface area contributed by atoms with E-state index < -0.39 is 0 Å². The zero-order valence-electron chi connectivity index (χ0n) is 14.2. The summed E-state index contributed by atoms with van der Waals surface area (Å²) >= 11 is 0. The van der Waals surface area contributed by atoms with E-state index in [1.165, 1.54) is 0 Å². The minimum Gasteiger partial charge on any atom is -0.393 e. The average Bonchev–Trinajstić information content (AvgIpc) is 3.19. The lowest BCUT2D eigenvalue weighted by Gasteiger charge is -2.37. The second kappa shape index (κ2) is 7.09. The van der Waals surface area contributed by atoms with Crippen molar-refractivity contribution >= 4 is 5.91 Å². The number of carbonyl (C=O) groups excluding carboxylic acids is 1. The van der Waals surface area contributed by atoms with Crippen LogP contribution < -0.4 is 5.32 Å². The Morgan fingerprint density at radius 3 is 2.58 bits per heavy atom. The molecule has 1 aliphatic carbocycles. The maximum absolute atomic E-state index is 12.7. The molecule has 0 spiro atoms. The van der Waals surface area contributed by atoms with Crippen LogP contribution in [0.2, 0.25) is 0 Å². The number of aliphatic hydroxyl groups is 1. The first-order chi connectivity index (χ1) is 12.7. The van der Waals surface area contributed by atoms with Gasteiger partial charge in [-0.2, -0.15) is 0 Å². The van der Waals surface area contributed by atoms with Crippen molar-refractivity contribution in [2.24, 2.45) is 5.92 Å². The predicted molar refractivity (Wildman–Crippen MR) is 96.7 cm³/mol. The summed E-state index contributed by atoms with van der Waals surface area (Å²) in [6.07, 6.45) is 8.09. The average molecular weight is 348 g/mol. The van der Waals surface area contributed by atoms with Gasteiger partial charge in [0.2, 0.25) is 0 Å². The van der Waals surface area contributed by atoms with E-state index in [-0.39, 0.29) is 24.0 Å². The van der Waals surface area contributed by atoms with Gasteiger partial charge in [0.1, 0.15) is 0 Å². The van der Waals surface area contributed by atoms with Crippen molar-refractivity contribution in [2.75, 3.05) is 0 Å². The van der Waals surface area contributed by atoms with Crippen LogP contribution in [-0.2, 0) is 0 Å². The Balaban J connectivity index is 1.51. The Hall–Kier alpha value is -2.99. The largest absolute Gasteiger partial charge is 0.393 e. The number of imidazole rings is 1. The number of rotatable bonds is 5. The van der Waals surface area contributed by atoms with Crippen LogP contribution in [0.5, 0.6) is 0 Å². The molecule has 0 aliphatic heterocycles. The molecule has 0 radical (unpaired) electrons. The Labute approximate surface area is 151 Å². The molecule has 132 valence electrons. The van der Waals surface area contributed by atoms with Crippen molar-refractivity contribution in [1.82, 2.24) is 19.9 Å². The van der Waals surface area contributed by atoms with Crippen LogP contribution in [0.3, 0.4) is 0 Å². The number of nitrogens with one attached hydrogen (secondary N) is 1. The van der Waals surface area contributed by atoms with Gasteiger partial charge in [0, 0.05) is 29.8 Å². The van der Waals surface area contributed by atoms with Gasteiger partial charge in [-0.3, -0.25) is 9.78 Å². The second-order valence-corrected chi connectivity index (χ2v) is 6.61. The molecule has 0 bridgehead atoms. The highest BCUT2D eigenvalue weighted by Crippen LogP contribution is 2.37. The second-order valence-electron chi connectivity index (χ2n) is 6.61. The molecule has 6 nitrogen and oxygen atoms in total. The lowest BCUT2D eigenvalue weighted by Crippen LogP contribution is -2.41. The summed E-state index contributed by atoms with van der Waals surface area (Å²) in [4.78, 5) is 21.2. The summed E-state index contributed by atoms with van der Waals surface area (Å²) in [5, 5.41) is 12.7. The van der Waals surface area contributed by atoms with Crippen LogP contribution >= 0.6 is 0 Å². The molecule has 1 atom stereocenters. The van der Waals surface area contributed by atoms with Crippen LogP contribution in [0, 0.1) is 5.92 Å². The SMILES string of the molecule is O=C(NC(c1ccccn1)C1CC(O)C1)c1ccc(-n2ccnc2)cc1. The number of hydrogen-bond acceptors (Lipinski definition) is 4. The first-order valence-electron chi connectivity index (χ1n) is 8.69. The van der Waals surface area contributed by atoms with E-state index >= 15 is 0 Å². The summed E-state index contributed by atoms with van der Waals surface area (Å²) in [7, 11) is 0. The number of carbonyl (C=O) groups is 1. The molecule has 6 heteroatoms. The van der Waals surface area contributed by atoms with Gasteiger partial charge in [-0.15, -0.1) is 0 Å². The predicted octanol–water partition coefficient (Wildman–Crippen LogP) is 2.51. The zero-order valence-corrected chi connectivity index (χ0v) is 14.2. The number of hydrogen-bond donors (Lipinski definition) is 2. The Bertz CT molecular complexity index is 857. The topological polar surface area (TPSA) is 80.0 Å². The molecule has 2 N–H and O–H groups in total. The molecule has 26 heavy (non-hydrogen) atoms. The first-order valence-corrected chi connectivity index (χ1v) is 8.69. The lowest BCUT2D eigenvalue weighted by molar-refractivity contribution is 0.0228. The third-order valence-corrected chi connectivity index (χ3v) is 4.85. The number of amides is 1. The summed E-state index contributed by atoms with van der Waals surface area (Å²) in [5.41, 5.74) is 2.37. The molecule has 1 saturated carbocycles. The molecule has 1 aromatic carbocycles. The van der Waals surface area contributed by atoms with Crippen molar-refractivity contribution in [1.29, 1.82) is 0 Å². The van der Waals surface area contributed by atoms with Crippen LogP contribution in [0.15, 0.2) is 67.4 Å². The highest BCUT2D eigenvalue weighted by atomic mass is 16.3. The van der Waals surface area contributed by atoms with Crippen molar-refractivity contribution in [3.8, 4) is 5.69 Å². The van der Waals surface area contributed by atoms with Crippen molar-refractivity contribution in [2.45, 2.75) is 25.0 Å². The summed E-state index contributed by atoms with van der Waals surface area (Å²) in [6, 6.07) is 12.9. The highest BCUT2D eigenvalue weighted by Gasteiger charge is 2.36. The first kappa shape index (κ1) is 16.5. The Morgan fingerprint density at radius 2 is 1.96 bits per heavy atom. The molecule has 1 fully saturated rings. The summed E-state index contributed by atoms with van der Waals surface area (Å²) < 4.78 is 1.88. The molecule has 1 amide bonds. The summed E-state index contributed by atoms with van der Waals surface area (Å²) in [6.45, 7) is 0. The van der Waals surface area contributed by atoms with Crippen LogP contribution in [0.4, 0.5) is 0 Å². The van der Waals surface area contributed by atoms with E-state index in [0.29, 0.717) is 18.4 Å². The molecule has 2 aromatic heterocycles. The van der Waals surface area contributed by atoms with Gasteiger partial charge in [0.05, 0.1) is 24.2 Å². The van der Waals surface area contributed by atoms with E-state index in [1.807, 2.05) is 41.1 Å². The number of nitrogens with zero attached hydrogens (tertiary/aromatic N) is 3. The Kier molecular flexibility index (Phi) is 4.50. The fourth-order valence-corrected chi connectivity index (χ4v) is 3.32. The van der Waals surface area contributed by atoms with Crippen molar-refractivity contribution < 1.29 is 9.90 Å². The summed E-state index contributed by atoms with van der Waals surface area (Å²) in [5.74, 6) is 0.0632. The minimum atomic E-state index is -0.280. The molecule has 2 heterocycles. The quantitative estimate of drug-likeness (QED) is 0.742. The van der Waals surface area contributed by atoms with Crippen molar-refractivity contribution in [3.05, 3.63) is 78.6 Å². The Morgan fingerprint density at radius 1 is 1.15 bits per heavy atom. The minimum absolute atomic E-state index is 0.140. The van der Waals surface area contributed by atoms with Gasteiger partial charge < -0.3 is 15.0 Å². The van der Waals surface area contributed by atoms with Crippen LogP contribution in [0.25, 0.3) is 5.69 Å². The number of aliphatic hydroxyl groups excluding tert-OH is 1. The zero-order chi connectivity index (χ0) is 17.9. The van der Waals surface area contributed by atoms with E-state index in [1.54, 1.807) is 30.9 Å². The molecule has 4 rings (SSSR count). The maximum atomic E-state index is 12.7. The molecule has 0 saturated heterocycles. The number of pyridine rings is 1. The van der Waals surface area contributed by atoms with Gasteiger partial charge in [-0.25, -0.2) is 4.98 Å². The van der Waals surface area contributed by atoms with Crippen LogP contribution in [-0.4, -0.2) is 31.7 Å². The standard InChI is InChI=1S/C20H20N4O2/c25-17-11-15(12-17)19(18-3-1-2-8-22-18)23-20(26)14-4-6-16(7-5-14)24-10-9-21-13-24/h1-10,13,15,17,19,25H,11-12H2,(H,23,26). The monoisotopic (exact) mass is 348 g/mol. The van der Waals surface area contributed by atoms with E-state index in [2.05, 4.69) is 15.3 Å². The van der Waals surface area contributed by atoms with Gasteiger partial charge in [-0.1, -0.05) is 6.07 Å². The fourth-order valence-electron chi connectivity index (χ4n) is 3.32. The fraction of sp³-hybridized carbons (Fsp3) is 0.250. The molecular weight excluding hydrogens is 328 g/mol. The van der Waals surface area contributed by atoms with Gasteiger partial charge in [-0.05, 0) is 55.2 Å². The smallest absolute Gasteiger partial charge is 0.251 e. The van der Waals surface area contributed by atoms with Gasteiger partial charge >= 0.3 is 0 Å². The maximum Gasteiger partial charge on any atom is 0.251 e. The van der Waals surface area contributed by atoms with E-state index in [4.69, 9.17) is 0 Å². The number of aromatic nitrogens is 3. The third-order valence-electron chi connectivity index (χ3n) is 4.85. The third kappa shape index (κ3) is 3.36. The van der Waals surface area contributed by atoms with Crippen LogP contribution in [0.1, 0.15) is 34.9 Å². The molecular formula is C20H20N4O2. The van der Waals surface area contributed by atoms with Gasteiger partial charge in [0.15, 0.2) is 0 Å². The molecule has 1 unspecified atom stereocenters. The molecule has 1 aliphatic rings. The number of benzene rings is 1. The molecule has 3 aromatic rings. The highest BCUT2D eigenvalue weighted by molar-refractivity contribution is 5.94. The lowest BCUT2D eigenvalue weighted by atomic mass is 9.76. The van der Waals surface area contributed by atoms with Crippen molar-refractivity contribution in [3.63, 3.8) is 0 Å². The van der Waals surface area contributed by atoms with E-state index in [0.717, 1.165) is 11.4 Å².